The van der Waals surface area contributed by atoms with Gasteiger partial charge in [0.15, 0.2) is 0 Å². The molecule has 0 atom stereocenters. The summed E-state index contributed by atoms with van der Waals surface area (Å²) in [6.45, 7) is 1.48. The fourth-order valence-electron chi connectivity index (χ4n) is 3.12. The summed E-state index contributed by atoms with van der Waals surface area (Å²) < 4.78 is 11.3. The van der Waals surface area contributed by atoms with Crippen LogP contribution in [0.4, 0.5) is 0 Å². The van der Waals surface area contributed by atoms with Gasteiger partial charge in [-0.1, -0.05) is 12.1 Å². The lowest BCUT2D eigenvalue weighted by Gasteiger charge is -2.18. The van der Waals surface area contributed by atoms with Crippen molar-refractivity contribution in [3.8, 4) is 17.2 Å². The smallest absolute Gasteiger partial charge is 0.130 e. The minimum Gasteiger partial charge on any atom is -0.508 e. The van der Waals surface area contributed by atoms with E-state index in [1.807, 2.05) is 36.4 Å². The van der Waals surface area contributed by atoms with E-state index < -0.39 is 0 Å². The standard InChI is InChI=1S/C20H23NO3/c1-21(2)13-15-9-10-24-19-12-17(23-3)7-8-18(19)20(15)14-5-4-6-16(22)11-14/h4-8,11-12,22H,9-10,13H2,1-3H3. The Kier molecular flexibility index (Phi) is 4.76. The Morgan fingerprint density at radius 1 is 1.17 bits per heavy atom. The molecule has 0 fully saturated rings. The number of benzene rings is 2. The Balaban J connectivity index is 2.21. The first-order valence-electron chi connectivity index (χ1n) is 8.06. The molecule has 1 aliphatic rings. The highest BCUT2D eigenvalue weighted by Gasteiger charge is 2.21. The number of likely N-dealkylation sites (N-methyl/N-ethyl adjacent to an activating group) is 1. The van der Waals surface area contributed by atoms with Crippen LogP contribution in [0.15, 0.2) is 48.0 Å². The molecule has 0 saturated carbocycles. The van der Waals surface area contributed by atoms with Crippen LogP contribution in [0.3, 0.4) is 0 Å². The first-order chi connectivity index (χ1) is 11.6. The van der Waals surface area contributed by atoms with Gasteiger partial charge < -0.3 is 19.5 Å². The Morgan fingerprint density at radius 3 is 2.71 bits per heavy atom. The maximum Gasteiger partial charge on any atom is 0.130 e. The average molecular weight is 325 g/mol. The van der Waals surface area contributed by atoms with Crippen LogP contribution in [0.1, 0.15) is 17.5 Å². The maximum atomic E-state index is 9.93. The highest BCUT2D eigenvalue weighted by Crippen LogP contribution is 2.39. The number of rotatable bonds is 4. The van der Waals surface area contributed by atoms with Gasteiger partial charge in [0.1, 0.15) is 17.2 Å². The minimum atomic E-state index is 0.268. The van der Waals surface area contributed by atoms with Gasteiger partial charge in [-0.25, -0.2) is 0 Å². The molecule has 0 amide bonds. The number of hydrogen-bond acceptors (Lipinski definition) is 4. The molecule has 0 radical (unpaired) electrons. The lowest BCUT2D eigenvalue weighted by atomic mass is 9.91. The maximum absolute atomic E-state index is 9.93. The summed E-state index contributed by atoms with van der Waals surface area (Å²) in [7, 11) is 5.78. The van der Waals surface area contributed by atoms with E-state index >= 15 is 0 Å². The minimum absolute atomic E-state index is 0.268. The Labute approximate surface area is 142 Å². The Morgan fingerprint density at radius 2 is 2.00 bits per heavy atom. The molecule has 126 valence electrons. The van der Waals surface area contributed by atoms with Crippen molar-refractivity contribution in [2.24, 2.45) is 0 Å². The normalized spacial score (nSPS) is 14.2. The molecule has 0 aromatic heterocycles. The molecule has 3 rings (SSSR count). The average Bonchev–Trinajstić information content (AvgIpc) is 2.72. The van der Waals surface area contributed by atoms with E-state index in [0.29, 0.717) is 6.61 Å². The number of phenolic OH excluding ortho intramolecular Hbond substituents is 1. The van der Waals surface area contributed by atoms with E-state index in [4.69, 9.17) is 9.47 Å². The third kappa shape index (κ3) is 3.39. The number of methoxy groups -OCH3 is 1. The molecular formula is C20H23NO3. The van der Waals surface area contributed by atoms with Gasteiger partial charge >= 0.3 is 0 Å². The van der Waals surface area contributed by atoms with Crippen molar-refractivity contribution in [2.75, 3.05) is 34.4 Å². The van der Waals surface area contributed by atoms with Gasteiger partial charge in [-0.15, -0.1) is 0 Å². The van der Waals surface area contributed by atoms with E-state index in [0.717, 1.165) is 41.2 Å². The molecule has 4 heteroatoms. The molecule has 0 aliphatic carbocycles. The number of phenols is 1. The van der Waals surface area contributed by atoms with Gasteiger partial charge in [-0.2, -0.15) is 0 Å². The lowest BCUT2D eigenvalue weighted by Crippen LogP contribution is -2.17. The second kappa shape index (κ2) is 6.97. The van der Waals surface area contributed by atoms with Crippen LogP contribution >= 0.6 is 0 Å². The molecule has 2 aromatic carbocycles. The van der Waals surface area contributed by atoms with Crippen LogP contribution in [0.2, 0.25) is 0 Å². The summed E-state index contributed by atoms with van der Waals surface area (Å²) in [4.78, 5) is 2.16. The number of fused-ring (bicyclic) bond motifs is 1. The quantitative estimate of drug-likeness (QED) is 0.933. The SMILES string of the molecule is COc1ccc2c(c1)OCCC(CN(C)C)=C2c1cccc(O)c1. The molecule has 2 aromatic rings. The van der Waals surface area contributed by atoms with Gasteiger partial charge in [0.25, 0.3) is 0 Å². The Hall–Kier alpha value is -2.46. The molecule has 0 spiro atoms. The van der Waals surface area contributed by atoms with E-state index in [1.54, 1.807) is 13.2 Å². The zero-order valence-corrected chi connectivity index (χ0v) is 14.4. The summed E-state index contributed by atoms with van der Waals surface area (Å²) in [5, 5.41) is 9.93. The summed E-state index contributed by atoms with van der Waals surface area (Å²) in [6, 6.07) is 13.3. The van der Waals surface area contributed by atoms with Crippen molar-refractivity contribution in [1.29, 1.82) is 0 Å². The van der Waals surface area contributed by atoms with E-state index in [-0.39, 0.29) is 5.75 Å². The molecule has 0 bridgehead atoms. The number of nitrogens with zero attached hydrogens (tertiary/aromatic N) is 1. The highest BCUT2D eigenvalue weighted by atomic mass is 16.5. The molecule has 0 unspecified atom stereocenters. The molecule has 0 saturated heterocycles. The van der Waals surface area contributed by atoms with Crippen molar-refractivity contribution < 1.29 is 14.6 Å². The van der Waals surface area contributed by atoms with Crippen LogP contribution in [0, 0.1) is 0 Å². The van der Waals surface area contributed by atoms with E-state index in [1.165, 1.54) is 5.57 Å². The summed E-state index contributed by atoms with van der Waals surface area (Å²) in [6.07, 6.45) is 0.847. The van der Waals surface area contributed by atoms with Crippen LogP contribution in [0.25, 0.3) is 5.57 Å². The predicted molar refractivity (Wildman–Crippen MR) is 95.8 cm³/mol. The predicted octanol–water partition coefficient (Wildman–Crippen LogP) is 3.55. The summed E-state index contributed by atoms with van der Waals surface area (Å²) in [5.41, 5.74) is 4.48. The second-order valence-corrected chi connectivity index (χ2v) is 6.23. The van der Waals surface area contributed by atoms with Gasteiger partial charge in [-0.3, -0.25) is 0 Å². The van der Waals surface area contributed by atoms with Crippen LogP contribution < -0.4 is 9.47 Å². The van der Waals surface area contributed by atoms with Crippen LogP contribution in [-0.2, 0) is 0 Å². The molecule has 4 nitrogen and oxygen atoms in total. The van der Waals surface area contributed by atoms with E-state index in [2.05, 4.69) is 19.0 Å². The van der Waals surface area contributed by atoms with Crippen molar-refractivity contribution in [2.45, 2.75) is 6.42 Å². The summed E-state index contributed by atoms with van der Waals surface area (Å²) in [5.74, 6) is 1.87. The van der Waals surface area contributed by atoms with Crippen LogP contribution in [-0.4, -0.2) is 44.4 Å². The second-order valence-electron chi connectivity index (χ2n) is 6.23. The summed E-state index contributed by atoms with van der Waals surface area (Å²) >= 11 is 0. The van der Waals surface area contributed by atoms with Crippen molar-refractivity contribution in [3.05, 3.63) is 59.2 Å². The van der Waals surface area contributed by atoms with Crippen molar-refractivity contribution in [3.63, 3.8) is 0 Å². The number of ether oxygens (including phenoxy) is 2. The van der Waals surface area contributed by atoms with Crippen LogP contribution in [0.5, 0.6) is 17.2 Å². The number of aromatic hydroxyl groups is 1. The molecular weight excluding hydrogens is 302 g/mol. The third-order valence-electron chi connectivity index (χ3n) is 4.11. The fourth-order valence-corrected chi connectivity index (χ4v) is 3.12. The first-order valence-corrected chi connectivity index (χ1v) is 8.06. The highest BCUT2D eigenvalue weighted by molar-refractivity contribution is 5.86. The van der Waals surface area contributed by atoms with Gasteiger partial charge in [-0.05, 0) is 55.1 Å². The Bertz CT molecular complexity index is 765. The largest absolute Gasteiger partial charge is 0.508 e. The first kappa shape index (κ1) is 16.4. The van der Waals surface area contributed by atoms with Gasteiger partial charge in [0, 0.05) is 24.6 Å². The lowest BCUT2D eigenvalue weighted by molar-refractivity contribution is 0.316. The third-order valence-corrected chi connectivity index (χ3v) is 4.11. The zero-order chi connectivity index (χ0) is 17.1. The van der Waals surface area contributed by atoms with Crippen molar-refractivity contribution >= 4 is 5.57 Å². The topological polar surface area (TPSA) is 41.9 Å². The molecule has 24 heavy (non-hydrogen) atoms. The molecule has 1 heterocycles. The molecule has 1 aliphatic heterocycles. The molecule has 1 N–H and O–H groups in total. The number of hydrogen-bond donors (Lipinski definition) is 1. The zero-order valence-electron chi connectivity index (χ0n) is 14.4. The monoisotopic (exact) mass is 325 g/mol. The van der Waals surface area contributed by atoms with E-state index in [9.17, 15) is 5.11 Å². The van der Waals surface area contributed by atoms with Gasteiger partial charge in [0.05, 0.1) is 13.7 Å². The fraction of sp³-hybridized carbons (Fsp3) is 0.300. The van der Waals surface area contributed by atoms with Crippen molar-refractivity contribution in [1.82, 2.24) is 4.90 Å². The van der Waals surface area contributed by atoms with Gasteiger partial charge in [0.2, 0.25) is 0 Å².